The summed E-state index contributed by atoms with van der Waals surface area (Å²) in [6.07, 6.45) is 2.02. The van der Waals surface area contributed by atoms with Gasteiger partial charge in [0.05, 0.1) is 15.8 Å². The summed E-state index contributed by atoms with van der Waals surface area (Å²) < 4.78 is 52.5. The summed E-state index contributed by atoms with van der Waals surface area (Å²) in [6.45, 7) is 2.63. The zero-order valence-corrected chi connectivity index (χ0v) is 15.2. The molecule has 25 heavy (non-hydrogen) atoms. The Morgan fingerprint density at radius 2 is 2.00 bits per heavy atom. The molecule has 0 unspecified atom stereocenters. The van der Waals surface area contributed by atoms with E-state index in [1.807, 2.05) is 6.92 Å². The Hall–Kier alpha value is -1.82. The minimum absolute atomic E-state index is 0.161. The number of hydrogen-bond donors (Lipinski definition) is 2. The SMILES string of the molecule is CCc1nc2n(n1)CCC[C@@H]2NS(=O)(=O)c1cccc(S(N)(=O)=O)c1. The number of hydrogen-bond acceptors (Lipinski definition) is 6. The van der Waals surface area contributed by atoms with Crippen LogP contribution in [0.15, 0.2) is 34.1 Å². The Bertz CT molecular complexity index is 998. The highest BCUT2D eigenvalue weighted by atomic mass is 32.2. The first-order valence-corrected chi connectivity index (χ1v) is 10.8. The van der Waals surface area contributed by atoms with Crippen molar-refractivity contribution in [2.24, 2.45) is 5.14 Å². The van der Waals surface area contributed by atoms with Crippen LogP contribution in [0.4, 0.5) is 0 Å². The smallest absolute Gasteiger partial charge is 0.241 e. The molecule has 2 heterocycles. The third-order valence-corrected chi connectivity index (χ3v) is 6.36. The lowest BCUT2D eigenvalue weighted by molar-refractivity contribution is 0.399. The van der Waals surface area contributed by atoms with Gasteiger partial charge in [-0.25, -0.2) is 36.4 Å². The van der Waals surface area contributed by atoms with Gasteiger partial charge in [0.15, 0.2) is 5.82 Å². The number of fused-ring (bicyclic) bond motifs is 1. The fourth-order valence-electron chi connectivity index (χ4n) is 2.73. The van der Waals surface area contributed by atoms with Crippen LogP contribution < -0.4 is 9.86 Å². The van der Waals surface area contributed by atoms with Crippen LogP contribution in [0.1, 0.15) is 37.5 Å². The van der Waals surface area contributed by atoms with Crippen molar-refractivity contribution in [1.82, 2.24) is 19.5 Å². The number of sulfonamides is 2. The molecule has 1 aliphatic heterocycles. The summed E-state index contributed by atoms with van der Waals surface area (Å²) in [5.41, 5.74) is 0. The van der Waals surface area contributed by atoms with Crippen molar-refractivity contribution < 1.29 is 16.8 Å². The number of nitrogens with zero attached hydrogens (tertiary/aromatic N) is 3. The van der Waals surface area contributed by atoms with Gasteiger partial charge in [0, 0.05) is 13.0 Å². The van der Waals surface area contributed by atoms with Crippen molar-refractivity contribution in [3.63, 3.8) is 0 Å². The van der Waals surface area contributed by atoms with Crippen LogP contribution in [0.3, 0.4) is 0 Å². The van der Waals surface area contributed by atoms with E-state index in [1.54, 1.807) is 4.68 Å². The van der Waals surface area contributed by atoms with Crippen molar-refractivity contribution in [1.29, 1.82) is 0 Å². The molecule has 3 N–H and O–H groups in total. The lowest BCUT2D eigenvalue weighted by atomic mass is 10.1. The number of rotatable bonds is 5. The maximum atomic E-state index is 12.7. The van der Waals surface area contributed by atoms with Gasteiger partial charge < -0.3 is 0 Å². The van der Waals surface area contributed by atoms with Gasteiger partial charge in [-0.05, 0) is 31.0 Å². The highest BCUT2D eigenvalue weighted by molar-refractivity contribution is 7.90. The maximum Gasteiger partial charge on any atom is 0.241 e. The van der Waals surface area contributed by atoms with Crippen LogP contribution >= 0.6 is 0 Å². The Kier molecular flexibility index (Phi) is 4.66. The molecule has 1 aromatic heterocycles. The van der Waals surface area contributed by atoms with Gasteiger partial charge in [0.1, 0.15) is 5.82 Å². The number of nitrogens with two attached hydrogens (primary N) is 1. The normalized spacial score (nSPS) is 18.1. The number of nitrogens with one attached hydrogen (secondary N) is 1. The molecule has 0 amide bonds. The number of benzene rings is 1. The molecule has 9 nitrogen and oxygen atoms in total. The standard InChI is InChI=1S/C14H19N5O4S2/c1-2-13-16-14-12(7-4-8-19(14)17-13)18-25(22,23)11-6-3-5-10(9-11)24(15,20)21/h3,5-6,9,12,18H,2,4,7-8H2,1H3,(H2,15,20,21)/t12-/m0/s1. The fraction of sp³-hybridized carbons (Fsp3) is 0.429. The molecule has 0 fully saturated rings. The van der Waals surface area contributed by atoms with Crippen LogP contribution in [0.5, 0.6) is 0 Å². The van der Waals surface area contributed by atoms with Gasteiger partial charge in [-0.3, -0.25) is 0 Å². The number of aryl methyl sites for hydroxylation is 2. The van der Waals surface area contributed by atoms with Crippen LogP contribution in [0.2, 0.25) is 0 Å². The fourth-order valence-corrected chi connectivity index (χ4v) is 4.64. The Labute approximate surface area is 146 Å². The summed E-state index contributed by atoms with van der Waals surface area (Å²) in [6, 6.07) is 4.45. The van der Waals surface area contributed by atoms with E-state index in [-0.39, 0.29) is 9.79 Å². The second-order valence-electron chi connectivity index (χ2n) is 5.80. The minimum Gasteiger partial charge on any atom is -0.248 e. The summed E-state index contributed by atoms with van der Waals surface area (Å²) in [5.74, 6) is 1.24. The monoisotopic (exact) mass is 385 g/mol. The van der Waals surface area contributed by atoms with Gasteiger partial charge >= 0.3 is 0 Å². The molecule has 0 saturated carbocycles. The second kappa shape index (κ2) is 6.48. The van der Waals surface area contributed by atoms with Crippen molar-refractivity contribution >= 4 is 20.0 Å². The first kappa shape index (κ1) is 18.0. The quantitative estimate of drug-likeness (QED) is 0.759. The molecule has 0 bridgehead atoms. The average molecular weight is 385 g/mol. The molecular weight excluding hydrogens is 366 g/mol. The molecule has 0 aliphatic carbocycles. The molecule has 1 aromatic carbocycles. The van der Waals surface area contributed by atoms with E-state index in [1.165, 1.54) is 18.2 Å². The minimum atomic E-state index is -3.99. The molecular formula is C14H19N5O4S2. The zero-order chi connectivity index (χ0) is 18.2. The van der Waals surface area contributed by atoms with E-state index >= 15 is 0 Å². The van der Waals surface area contributed by atoms with Crippen LogP contribution in [-0.2, 0) is 33.0 Å². The lowest BCUT2D eigenvalue weighted by Crippen LogP contribution is -2.33. The number of aromatic nitrogens is 3. The maximum absolute atomic E-state index is 12.7. The first-order valence-electron chi connectivity index (χ1n) is 7.79. The third kappa shape index (κ3) is 3.73. The van der Waals surface area contributed by atoms with Crippen LogP contribution in [-0.4, -0.2) is 31.6 Å². The summed E-state index contributed by atoms with van der Waals surface area (Å²) in [7, 11) is -7.92. The van der Waals surface area contributed by atoms with Gasteiger partial charge in [-0.2, -0.15) is 5.10 Å². The van der Waals surface area contributed by atoms with E-state index in [0.29, 0.717) is 31.0 Å². The number of primary sulfonamides is 1. The molecule has 2 aromatic rings. The third-order valence-electron chi connectivity index (χ3n) is 3.98. The summed E-state index contributed by atoms with van der Waals surface area (Å²) >= 11 is 0. The van der Waals surface area contributed by atoms with Crippen molar-refractivity contribution in [3.05, 3.63) is 35.9 Å². The predicted octanol–water partition coefficient (Wildman–Crippen LogP) is 0.301. The van der Waals surface area contributed by atoms with Gasteiger partial charge in [0.2, 0.25) is 20.0 Å². The highest BCUT2D eigenvalue weighted by Crippen LogP contribution is 2.26. The van der Waals surface area contributed by atoms with Gasteiger partial charge in [-0.1, -0.05) is 13.0 Å². The van der Waals surface area contributed by atoms with E-state index in [9.17, 15) is 16.8 Å². The Morgan fingerprint density at radius 3 is 2.68 bits per heavy atom. The van der Waals surface area contributed by atoms with E-state index < -0.39 is 26.1 Å². The van der Waals surface area contributed by atoms with E-state index in [4.69, 9.17) is 5.14 Å². The first-order chi connectivity index (χ1) is 11.7. The van der Waals surface area contributed by atoms with Gasteiger partial charge in [0.25, 0.3) is 0 Å². The lowest BCUT2D eigenvalue weighted by Gasteiger charge is -2.23. The van der Waals surface area contributed by atoms with Crippen LogP contribution in [0.25, 0.3) is 0 Å². The van der Waals surface area contributed by atoms with Crippen molar-refractivity contribution in [3.8, 4) is 0 Å². The predicted molar refractivity (Wildman–Crippen MR) is 89.5 cm³/mol. The zero-order valence-electron chi connectivity index (χ0n) is 13.6. The molecule has 3 rings (SSSR count). The van der Waals surface area contributed by atoms with Crippen LogP contribution in [0, 0.1) is 0 Å². The Balaban J connectivity index is 1.92. The molecule has 11 heteroatoms. The van der Waals surface area contributed by atoms with Gasteiger partial charge in [-0.15, -0.1) is 0 Å². The summed E-state index contributed by atoms with van der Waals surface area (Å²) in [5, 5.41) is 9.41. The van der Waals surface area contributed by atoms with E-state index in [0.717, 1.165) is 12.5 Å². The topological polar surface area (TPSA) is 137 Å². The largest absolute Gasteiger partial charge is 0.248 e. The molecule has 0 saturated heterocycles. The molecule has 0 radical (unpaired) electrons. The molecule has 1 aliphatic rings. The second-order valence-corrected chi connectivity index (χ2v) is 9.07. The average Bonchev–Trinajstić information content (AvgIpc) is 2.98. The Morgan fingerprint density at radius 1 is 1.28 bits per heavy atom. The molecule has 1 atom stereocenters. The van der Waals surface area contributed by atoms with Crippen molar-refractivity contribution in [2.75, 3.05) is 0 Å². The highest BCUT2D eigenvalue weighted by Gasteiger charge is 2.29. The molecule has 136 valence electrons. The summed E-state index contributed by atoms with van der Waals surface area (Å²) in [4.78, 5) is 3.98. The molecule has 0 spiro atoms. The van der Waals surface area contributed by atoms with Crippen molar-refractivity contribution in [2.45, 2.75) is 48.6 Å². The van der Waals surface area contributed by atoms with E-state index in [2.05, 4.69) is 14.8 Å².